The molecule has 4 nitrogen and oxygen atoms in total. The van der Waals surface area contributed by atoms with E-state index in [0.717, 1.165) is 0 Å². The summed E-state index contributed by atoms with van der Waals surface area (Å²) in [6.45, 7) is 1.75. The van der Waals surface area contributed by atoms with E-state index in [1.807, 2.05) is 0 Å². The third kappa shape index (κ3) is 1.73. The molecule has 1 atom stereocenters. The fourth-order valence-corrected chi connectivity index (χ4v) is 4.39. The van der Waals surface area contributed by atoms with Crippen molar-refractivity contribution in [3.05, 3.63) is 24.3 Å². The first-order valence-corrected chi connectivity index (χ1v) is 7.07. The third-order valence-corrected chi connectivity index (χ3v) is 6.23. The molecule has 1 unspecified atom stereocenters. The van der Waals surface area contributed by atoms with Gasteiger partial charge in [-0.15, -0.1) is 0 Å². The maximum absolute atomic E-state index is 12.6. The number of nitrogens with two attached hydrogens (primary N) is 1. The largest absolute Gasteiger partial charge is 0.495 e. The number of methoxy groups -OCH3 is 1. The molecule has 1 saturated carbocycles. The second kappa shape index (κ2) is 3.99. The third-order valence-electron chi connectivity index (χ3n) is 3.47. The number of hydrogen-bond donors (Lipinski definition) is 1. The molecule has 0 bridgehead atoms. The lowest BCUT2D eigenvalue weighted by Gasteiger charge is -2.21. The van der Waals surface area contributed by atoms with E-state index in [-0.39, 0.29) is 10.9 Å². The molecular weight excluding hydrogens is 238 g/mol. The zero-order valence-corrected chi connectivity index (χ0v) is 10.8. The van der Waals surface area contributed by atoms with Crippen LogP contribution in [-0.4, -0.2) is 26.3 Å². The molecule has 0 saturated heterocycles. The zero-order valence-electron chi connectivity index (χ0n) is 10.0. The topological polar surface area (TPSA) is 69.4 Å². The molecule has 94 valence electrons. The molecule has 1 fully saturated rings. The number of hydrogen-bond acceptors (Lipinski definition) is 4. The highest BCUT2D eigenvalue weighted by Crippen LogP contribution is 2.50. The summed E-state index contributed by atoms with van der Waals surface area (Å²) < 4.78 is 29.5. The van der Waals surface area contributed by atoms with E-state index in [0.29, 0.717) is 18.6 Å². The Morgan fingerprint density at radius 3 is 2.41 bits per heavy atom. The number of ether oxygens (including phenoxy) is 1. The molecule has 1 aliphatic carbocycles. The molecule has 17 heavy (non-hydrogen) atoms. The van der Waals surface area contributed by atoms with E-state index in [4.69, 9.17) is 10.5 Å². The van der Waals surface area contributed by atoms with Crippen LogP contribution in [0.1, 0.15) is 19.8 Å². The van der Waals surface area contributed by atoms with Gasteiger partial charge in [-0.25, -0.2) is 8.42 Å². The van der Waals surface area contributed by atoms with Gasteiger partial charge in [-0.1, -0.05) is 12.1 Å². The smallest absolute Gasteiger partial charge is 0.189 e. The molecule has 0 heterocycles. The van der Waals surface area contributed by atoms with Gasteiger partial charge in [0.1, 0.15) is 10.6 Å². The summed E-state index contributed by atoms with van der Waals surface area (Å²) in [5.41, 5.74) is 5.83. The van der Waals surface area contributed by atoms with E-state index < -0.39 is 14.6 Å². The maximum atomic E-state index is 12.6. The van der Waals surface area contributed by atoms with Crippen molar-refractivity contribution >= 4 is 9.84 Å². The Bertz CT molecular complexity index is 518. The van der Waals surface area contributed by atoms with Gasteiger partial charge in [0, 0.05) is 6.04 Å². The second-order valence-electron chi connectivity index (χ2n) is 4.51. The van der Waals surface area contributed by atoms with Gasteiger partial charge < -0.3 is 10.5 Å². The molecule has 2 rings (SSSR count). The minimum atomic E-state index is -3.42. The van der Waals surface area contributed by atoms with Crippen molar-refractivity contribution in [1.82, 2.24) is 0 Å². The van der Waals surface area contributed by atoms with Crippen molar-refractivity contribution in [3.63, 3.8) is 0 Å². The number of rotatable bonds is 4. The standard InChI is InChI=1S/C12H17NO3S/c1-9(13)12(7-8-12)17(14,15)11-6-4-3-5-10(11)16-2/h3-6,9H,7-8,13H2,1-2H3. The Labute approximate surface area is 102 Å². The van der Waals surface area contributed by atoms with Crippen molar-refractivity contribution < 1.29 is 13.2 Å². The quantitative estimate of drug-likeness (QED) is 0.881. The zero-order chi connectivity index (χ0) is 12.7. The fourth-order valence-electron chi connectivity index (χ4n) is 2.15. The first kappa shape index (κ1) is 12.4. The van der Waals surface area contributed by atoms with Crippen LogP contribution in [0.5, 0.6) is 5.75 Å². The highest BCUT2D eigenvalue weighted by atomic mass is 32.2. The van der Waals surface area contributed by atoms with E-state index >= 15 is 0 Å². The molecule has 5 heteroatoms. The van der Waals surface area contributed by atoms with Gasteiger partial charge in [-0.3, -0.25) is 0 Å². The first-order valence-electron chi connectivity index (χ1n) is 5.59. The minimum Gasteiger partial charge on any atom is -0.495 e. The summed E-state index contributed by atoms with van der Waals surface area (Å²) in [6.07, 6.45) is 1.26. The predicted octanol–water partition coefficient (Wildman–Crippen LogP) is 1.35. The molecule has 0 amide bonds. The summed E-state index contributed by atoms with van der Waals surface area (Å²) >= 11 is 0. The Hall–Kier alpha value is -1.07. The Morgan fingerprint density at radius 1 is 1.35 bits per heavy atom. The van der Waals surface area contributed by atoms with E-state index in [1.165, 1.54) is 7.11 Å². The number of benzene rings is 1. The summed E-state index contributed by atoms with van der Waals surface area (Å²) in [7, 11) is -1.95. The van der Waals surface area contributed by atoms with Gasteiger partial charge in [0.25, 0.3) is 0 Å². The summed E-state index contributed by atoms with van der Waals surface area (Å²) in [5, 5.41) is 0. The molecule has 0 aromatic heterocycles. The van der Waals surface area contributed by atoms with E-state index in [2.05, 4.69) is 0 Å². The van der Waals surface area contributed by atoms with Crippen LogP contribution in [0, 0.1) is 0 Å². The monoisotopic (exact) mass is 255 g/mol. The van der Waals surface area contributed by atoms with Gasteiger partial charge in [0.05, 0.1) is 11.9 Å². The van der Waals surface area contributed by atoms with Crippen LogP contribution in [0.15, 0.2) is 29.2 Å². The number of sulfone groups is 1. The lowest BCUT2D eigenvalue weighted by molar-refractivity contribution is 0.402. The van der Waals surface area contributed by atoms with Crippen molar-refractivity contribution in [3.8, 4) is 5.75 Å². The average Bonchev–Trinajstić information content (AvgIpc) is 3.10. The van der Waals surface area contributed by atoms with Crippen LogP contribution in [0.3, 0.4) is 0 Å². The predicted molar refractivity (Wildman–Crippen MR) is 65.8 cm³/mol. The van der Waals surface area contributed by atoms with Gasteiger partial charge >= 0.3 is 0 Å². The van der Waals surface area contributed by atoms with Crippen molar-refractivity contribution in [2.45, 2.75) is 35.4 Å². The lowest BCUT2D eigenvalue weighted by Crippen LogP contribution is -2.40. The SMILES string of the molecule is COc1ccccc1S(=O)(=O)C1(C(C)N)CC1. The highest BCUT2D eigenvalue weighted by Gasteiger charge is 2.58. The molecule has 1 aromatic carbocycles. The van der Waals surface area contributed by atoms with Gasteiger partial charge in [0.15, 0.2) is 9.84 Å². The van der Waals surface area contributed by atoms with E-state index in [9.17, 15) is 8.42 Å². The van der Waals surface area contributed by atoms with Crippen LogP contribution in [0.2, 0.25) is 0 Å². The molecule has 1 aliphatic rings. The van der Waals surface area contributed by atoms with Crippen molar-refractivity contribution in [2.24, 2.45) is 5.73 Å². The summed E-state index contributed by atoms with van der Waals surface area (Å²) in [4.78, 5) is 0.248. The van der Waals surface area contributed by atoms with Crippen LogP contribution in [-0.2, 0) is 9.84 Å². The average molecular weight is 255 g/mol. The Morgan fingerprint density at radius 2 is 1.94 bits per heavy atom. The Kier molecular flexibility index (Phi) is 2.91. The van der Waals surface area contributed by atoms with Crippen molar-refractivity contribution in [1.29, 1.82) is 0 Å². The molecule has 2 N–H and O–H groups in total. The van der Waals surface area contributed by atoms with Crippen LogP contribution in [0.4, 0.5) is 0 Å². The first-order chi connectivity index (χ1) is 7.95. The van der Waals surface area contributed by atoms with Gasteiger partial charge in [-0.05, 0) is 31.9 Å². The van der Waals surface area contributed by atoms with Crippen LogP contribution in [0.25, 0.3) is 0 Å². The van der Waals surface area contributed by atoms with E-state index in [1.54, 1.807) is 31.2 Å². The highest BCUT2D eigenvalue weighted by molar-refractivity contribution is 7.93. The summed E-state index contributed by atoms with van der Waals surface area (Å²) in [5.74, 6) is 0.388. The second-order valence-corrected chi connectivity index (χ2v) is 6.77. The minimum absolute atomic E-state index is 0.248. The maximum Gasteiger partial charge on any atom is 0.189 e. The molecule has 0 aliphatic heterocycles. The molecule has 0 radical (unpaired) electrons. The molecule has 1 aromatic rings. The van der Waals surface area contributed by atoms with Crippen molar-refractivity contribution in [2.75, 3.05) is 7.11 Å². The van der Waals surface area contributed by atoms with Gasteiger partial charge in [-0.2, -0.15) is 0 Å². The number of para-hydroxylation sites is 1. The summed E-state index contributed by atoms with van der Waals surface area (Å²) in [6, 6.07) is 6.33. The van der Waals surface area contributed by atoms with Crippen LogP contribution >= 0.6 is 0 Å². The lowest BCUT2D eigenvalue weighted by atomic mass is 10.2. The van der Waals surface area contributed by atoms with Crippen LogP contribution < -0.4 is 10.5 Å². The molecular formula is C12H17NO3S. The normalized spacial score (nSPS) is 19.7. The fraction of sp³-hybridized carbons (Fsp3) is 0.500. The van der Waals surface area contributed by atoms with Gasteiger partial charge in [0.2, 0.25) is 0 Å². The Balaban J connectivity index is 2.53. The molecule has 0 spiro atoms.